The topological polar surface area (TPSA) is 63.8 Å². The number of rotatable bonds is 3. The monoisotopic (exact) mass is 220 g/mol. The molecule has 4 nitrogen and oxygen atoms in total. The van der Waals surface area contributed by atoms with Gasteiger partial charge in [-0.05, 0) is 29.3 Å². The summed E-state index contributed by atoms with van der Waals surface area (Å²) in [6.07, 6.45) is 3.08. The Hall–Kier alpha value is -1.62. The standard InChI is InChI=1S/C10H12N4S/c1-7(8-2-3-15-5-8)14-10-9(11)4-12-6-13-10/h2-7H,11H2,1H3,(H,12,13,14). The summed E-state index contributed by atoms with van der Waals surface area (Å²) in [5.74, 6) is 0.684. The van der Waals surface area contributed by atoms with Gasteiger partial charge < -0.3 is 11.1 Å². The van der Waals surface area contributed by atoms with Gasteiger partial charge in [-0.2, -0.15) is 11.3 Å². The first kappa shape index (κ1) is 9.92. The third kappa shape index (κ3) is 2.24. The van der Waals surface area contributed by atoms with E-state index in [1.54, 1.807) is 17.5 Å². The Morgan fingerprint density at radius 2 is 2.40 bits per heavy atom. The molecule has 0 saturated carbocycles. The number of hydrogen-bond donors (Lipinski definition) is 2. The van der Waals surface area contributed by atoms with Crippen LogP contribution in [-0.2, 0) is 0 Å². The molecule has 0 fully saturated rings. The summed E-state index contributed by atoms with van der Waals surface area (Å²) < 4.78 is 0. The van der Waals surface area contributed by atoms with Crippen molar-refractivity contribution in [3.8, 4) is 0 Å². The van der Waals surface area contributed by atoms with Crippen molar-refractivity contribution in [3.05, 3.63) is 34.9 Å². The van der Waals surface area contributed by atoms with Gasteiger partial charge in [-0.25, -0.2) is 9.97 Å². The van der Waals surface area contributed by atoms with Gasteiger partial charge in [-0.3, -0.25) is 0 Å². The number of aromatic nitrogens is 2. The van der Waals surface area contributed by atoms with Gasteiger partial charge in [0.25, 0.3) is 0 Å². The Morgan fingerprint density at radius 1 is 1.53 bits per heavy atom. The van der Waals surface area contributed by atoms with E-state index >= 15 is 0 Å². The molecule has 2 aromatic heterocycles. The second kappa shape index (κ2) is 4.27. The molecule has 2 heterocycles. The minimum Gasteiger partial charge on any atom is -0.394 e. The van der Waals surface area contributed by atoms with Crippen LogP contribution >= 0.6 is 11.3 Å². The molecule has 0 amide bonds. The smallest absolute Gasteiger partial charge is 0.153 e. The van der Waals surface area contributed by atoms with Gasteiger partial charge in [-0.15, -0.1) is 0 Å². The minimum atomic E-state index is 0.202. The number of nitrogens with two attached hydrogens (primary N) is 1. The van der Waals surface area contributed by atoms with Gasteiger partial charge in [0.05, 0.1) is 17.9 Å². The summed E-state index contributed by atoms with van der Waals surface area (Å²) in [6.45, 7) is 2.07. The molecular weight excluding hydrogens is 208 g/mol. The lowest BCUT2D eigenvalue weighted by molar-refractivity contribution is 0.878. The summed E-state index contributed by atoms with van der Waals surface area (Å²) in [5, 5.41) is 7.40. The van der Waals surface area contributed by atoms with Crippen LogP contribution < -0.4 is 11.1 Å². The Balaban J connectivity index is 2.13. The summed E-state index contributed by atoms with van der Waals surface area (Å²) in [6, 6.07) is 2.29. The van der Waals surface area contributed by atoms with E-state index in [0.29, 0.717) is 11.5 Å². The van der Waals surface area contributed by atoms with E-state index in [4.69, 9.17) is 5.73 Å². The number of hydrogen-bond acceptors (Lipinski definition) is 5. The van der Waals surface area contributed by atoms with Crippen LogP contribution in [0.2, 0.25) is 0 Å². The van der Waals surface area contributed by atoms with Crippen LogP contribution in [0.4, 0.5) is 11.5 Å². The molecule has 1 unspecified atom stereocenters. The summed E-state index contributed by atoms with van der Waals surface area (Å²) in [4.78, 5) is 7.93. The van der Waals surface area contributed by atoms with E-state index in [0.717, 1.165) is 0 Å². The quantitative estimate of drug-likeness (QED) is 0.833. The third-order valence-corrected chi connectivity index (χ3v) is 2.84. The SMILES string of the molecule is CC(Nc1ncncc1N)c1ccsc1. The molecule has 0 aliphatic rings. The van der Waals surface area contributed by atoms with Gasteiger partial charge in [0.15, 0.2) is 5.82 Å². The number of nitrogen functional groups attached to an aromatic ring is 1. The van der Waals surface area contributed by atoms with Gasteiger partial charge in [-0.1, -0.05) is 0 Å². The van der Waals surface area contributed by atoms with Crippen molar-refractivity contribution in [2.24, 2.45) is 0 Å². The van der Waals surface area contributed by atoms with Crippen LogP contribution in [0.5, 0.6) is 0 Å². The fraction of sp³-hybridized carbons (Fsp3) is 0.200. The maximum atomic E-state index is 5.74. The fourth-order valence-electron chi connectivity index (χ4n) is 1.27. The molecule has 0 aromatic carbocycles. The van der Waals surface area contributed by atoms with Crippen LogP contribution in [0.1, 0.15) is 18.5 Å². The predicted octanol–water partition coefficient (Wildman–Crippen LogP) is 2.29. The maximum absolute atomic E-state index is 5.74. The van der Waals surface area contributed by atoms with E-state index in [-0.39, 0.29) is 6.04 Å². The minimum absolute atomic E-state index is 0.202. The Bertz CT molecular complexity index is 427. The normalized spacial score (nSPS) is 12.3. The average Bonchev–Trinajstić information content (AvgIpc) is 2.74. The zero-order chi connectivity index (χ0) is 10.7. The molecule has 78 valence electrons. The predicted molar refractivity (Wildman–Crippen MR) is 62.8 cm³/mol. The number of anilines is 2. The van der Waals surface area contributed by atoms with E-state index in [2.05, 4.69) is 39.0 Å². The van der Waals surface area contributed by atoms with Crippen molar-refractivity contribution < 1.29 is 0 Å². The van der Waals surface area contributed by atoms with Crippen molar-refractivity contribution in [3.63, 3.8) is 0 Å². The Morgan fingerprint density at radius 3 is 3.07 bits per heavy atom. The van der Waals surface area contributed by atoms with Crippen molar-refractivity contribution in [2.45, 2.75) is 13.0 Å². The first-order chi connectivity index (χ1) is 7.27. The number of nitrogens with one attached hydrogen (secondary N) is 1. The molecule has 0 radical (unpaired) electrons. The third-order valence-electron chi connectivity index (χ3n) is 2.14. The van der Waals surface area contributed by atoms with E-state index in [1.807, 2.05) is 0 Å². The first-order valence-electron chi connectivity index (χ1n) is 4.61. The van der Waals surface area contributed by atoms with Gasteiger partial charge >= 0.3 is 0 Å². The molecule has 0 bridgehead atoms. The molecule has 0 spiro atoms. The van der Waals surface area contributed by atoms with Crippen molar-refractivity contribution >= 4 is 22.8 Å². The lowest BCUT2D eigenvalue weighted by Crippen LogP contribution is -2.09. The molecule has 5 heteroatoms. The van der Waals surface area contributed by atoms with Crippen LogP contribution in [-0.4, -0.2) is 9.97 Å². The molecule has 15 heavy (non-hydrogen) atoms. The largest absolute Gasteiger partial charge is 0.394 e. The van der Waals surface area contributed by atoms with Crippen molar-refractivity contribution in [1.29, 1.82) is 0 Å². The Labute approximate surface area is 92.2 Å². The second-order valence-corrected chi connectivity index (χ2v) is 4.03. The Kier molecular flexibility index (Phi) is 2.82. The lowest BCUT2D eigenvalue weighted by atomic mass is 10.2. The van der Waals surface area contributed by atoms with Gasteiger partial charge in [0.1, 0.15) is 6.33 Å². The van der Waals surface area contributed by atoms with Crippen LogP contribution in [0.25, 0.3) is 0 Å². The first-order valence-corrected chi connectivity index (χ1v) is 5.56. The lowest BCUT2D eigenvalue weighted by Gasteiger charge is -2.13. The molecule has 0 aliphatic carbocycles. The van der Waals surface area contributed by atoms with Crippen molar-refractivity contribution in [2.75, 3.05) is 11.1 Å². The summed E-state index contributed by atoms with van der Waals surface area (Å²) >= 11 is 1.68. The second-order valence-electron chi connectivity index (χ2n) is 3.25. The van der Waals surface area contributed by atoms with Gasteiger partial charge in [0.2, 0.25) is 0 Å². The van der Waals surface area contributed by atoms with Gasteiger partial charge in [0, 0.05) is 0 Å². The zero-order valence-corrected chi connectivity index (χ0v) is 9.16. The highest BCUT2D eigenvalue weighted by Crippen LogP contribution is 2.22. The highest BCUT2D eigenvalue weighted by atomic mass is 32.1. The molecule has 0 saturated heterocycles. The molecule has 2 aromatic rings. The molecule has 3 N–H and O–H groups in total. The highest BCUT2D eigenvalue weighted by Gasteiger charge is 2.07. The zero-order valence-electron chi connectivity index (χ0n) is 8.34. The van der Waals surface area contributed by atoms with Crippen LogP contribution in [0.15, 0.2) is 29.4 Å². The molecule has 1 atom stereocenters. The molecular formula is C10H12N4S. The fourth-order valence-corrected chi connectivity index (χ4v) is 2.02. The van der Waals surface area contributed by atoms with E-state index in [9.17, 15) is 0 Å². The molecule has 0 aliphatic heterocycles. The summed E-state index contributed by atoms with van der Waals surface area (Å²) in [7, 11) is 0. The average molecular weight is 220 g/mol. The van der Waals surface area contributed by atoms with Crippen molar-refractivity contribution in [1.82, 2.24) is 9.97 Å². The van der Waals surface area contributed by atoms with Crippen LogP contribution in [0.3, 0.4) is 0 Å². The number of thiophene rings is 1. The van der Waals surface area contributed by atoms with Crippen LogP contribution in [0, 0.1) is 0 Å². The number of nitrogens with zero attached hydrogens (tertiary/aromatic N) is 2. The highest BCUT2D eigenvalue weighted by molar-refractivity contribution is 7.07. The maximum Gasteiger partial charge on any atom is 0.153 e. The summed E-state index contributed by atoms with van der Waals surface area (Å²) in [5.41, 5.74) is 7.54. The van der Waals surface area contributed by atoms with E-state index in [1.165, 1.54) is 11.9 Å². The van der Waals surface area contributed by atoms with E-state index < -0.39 is 0 Å². The molecule has 2 rings (SSSR count).